The summed E-state index contributed by atoms with van der Waals surface area (Å²) in [6.45, 7) is 3.32. The lowest BCUT2D eigenvalue weighted by Crippen LogP contribution is -2.57. The zero-order chi connectivity index (χ0) is 17.6. The zero-order valence-electron chi connectivity index (χ0n) is 14.7. The molecule has 4 nitrogen and oxygen atoms in total. The monoisotopic (exact) mass is 349 g/mol. The maximum absolute atomic E-state index is 11.2. The van der Waals surface area contributed by atoms with E-state index < -0.39 is 5.60 Å². The van der Waals surface area contributed by atoms with Crippen molar-refractivity contribution in [3.8, 4) is 11.5 Å². The Morgan fingerprint density at radius 2 is 1.62 bits per heavy atom. The average molecular weight is 349 g/mol. The van der Waals surface area contributed by atoms with E-state index >= 15 is 0 Å². The van der Waals surface area contributed by atoms with Crippen molar-refractivity contribution in [1.82, 2.24) is 4.90 Å². The lowest BCUT2D eigenvalue weighted by molar-refractivity contribution is -0.117. The molecule has 26 heavy (non-hydrogen) atoms. The number of hydrogen-bond donors (Lipinski definition) is 1. The molecule has 3 fully saturated rings. The SMILES string of the molecule is OC1(c2ccc(/C=C/c3ccc4c(c3)OCO4)cc2)CN2CCC1CC2. The summed E-state index contributed by atoms with van der Waals surface area (Å²) >= 11 is 0. The molecule has 2 aromatic rings. The van der Waals surface area contributed by atoms with Crippen LogP contribution in [-0.4, -0.2) is 36.4 Å². The Morgan fingerprint density at radius 1 is 0.923 bits per heavy atom. The second kappa shape index (κ2) is 6.15. The van der Waals surface area contributed by atoms with E-state index in [1.54, 1.807) is 0 Å². The number of fused-ring (bicyclic) bond motifs is 4. The van der Waals surface area contributed by atoms with E-state index in [1.807, 2.05) is 18.2 Å². The van der Waals surface area contributed by atoms with E-state index in [0.717, 1.165) is 60.7 Å². The molecule has 2 bridgehead atoms. The molecule has 1 N–H and O–H groups in total. The van der Waals surface area contributed by atoms with E-state index in [1.165, 1.54) is 0 Å². The Labute approximate surface area is 153 Å². The van der Waals surface area contributed by atoms with Crippen molar-refractivity contribution in [1.29, 1.82) is 0 Å². The molecule has 0 radical (unpaired) electrons. The molecule has 3 saturated heterocycles. The van der Waals surface area contributed by atoms with Gasteiger partial charge in [0, 0.05) is 6.54 Å². The van der Waals surface area contributed by atoms with Crippen molar-refractivity contribution in [2.75, 3.05) is 26.4 Å². The lowest BCUT2D eigenvalue weighted by atomic mass is 9.71. The molecule has 0 saturated carbocycles. The van der Waals surface area contributed by atoms with Crippen LogP contribution in [0.5, 0.6) is 11.5 Å². The third-order valence-electron chi connectivity index (χ3n) is 6.00. The summed E-state index contributed by atoms with van der Waals surface area (Å²) in [4.78, 5) is 2.38. The van der Waals surface area contributed by atoms with Crippen molar-refractivity contribution in [3.63, 3.8) is 0 Å². The number of nitrogens with zero attached hydrogens (tertiary/aromatic N) is 1. The number of aliphatic hydroxyl groups is 1. The third-order valence-corrected chi connectivity index (χ3v) is 6.00. The molecule has 0 aromatic heterocycles. The van der Waals surface area contributed by atoms with E-state index in [9.17, 15) is 5.11 Å². The molecule has 1 atom stereocenters. The quantitative estimate of drug-likeness (QED) is 0.861. The second-order valence-corrected chi connectivity index (χ2v) is 7.54. The van der Waals surface area contributed by atoms with Crippen LogP contribution in [0.4, 0.5) is 0 Å². The molecule has 4 heterocycles. The first-order valence-electron chi connectivity index (χ1n) is 9.34. The predicted molar refractivity (Wildman–Crippen MR) is 101 cm³/mol. The van der Waals surface area contributed by atoms with Gasteiger partial charge >= 0.3 is 0 Å². The Hall–Kier alpha value is -2.30. The fourth-order valence-electron chi connectivity index (χ4n) is 4.46. The molecule has 4 heteroatoms. The van der Waals surface area contributed by atoms with Crippen molar-refractivity contribution >= 4 is 12.2 Å². The van der Waals surface area contributed by atoms with E-state index in [2.05, 4.69) is 41.3 Å². The molecule has 1 unspecified atom stereocenters. The van der Waals surface area contributed by atoms with Crippen LogP contribution < -0.4 is 9.47 Å². The van der Waals surface area contributed by atoms with Crippen LogP contribution >= 0.6 is 0 Å². The van der Waals surface area contributed by atoms with Crippen LogP contribution in [0.15, 0.2) is 42.5 Å². The normalized spacial score (nSPS) is 29.4. The number of ether oxygens (including phenoxy) is 2. The highest BCUT2D eigenvalue weighted by Gasteiger charge is 2.46. The maximum Gasteiger partial charge on any atom is 0.231 e. The zero-order valence-corrected chi connectivity index (χ0v) is 14.7. The largest absolute Gasteiger partial charge is 0.454 e. The first kappa shape index (κ1) is 15.9. The summed E-state index contributed by atoms with van der Waals surface area (Å²) in [5, 5.41) is 11.2. The smallest absolute Gasteiger partial charge is 0.231 e. The van der Waals surface area contributed by atoms with Crippen LogP contribution in [0.3, 0.4) is 0 Å². The number of hydrogen-bond acceptors (Lipinski definition) is 4. The van der Waals surface area contributed by atoms with Gasteiger partial charge in [-0.1, -0.05) is 42.5 Å². The topological polar surface area (TPSA) is 41.9 Å². The van der Waals surface area contributed by atoms with Gasteiger partial charge in [0.15, 0.2) is 11.5 Å². The molecular weight excluding hydrogens is 326 g/mol. The molecule has 4 aliphatic heterocycles. The summed E-state index contributed by atoms with van der Waals surface area (Å²) in [5.74, 6) is 1.99. The van der Waals surface area contributed by atoms with Gasteiger partial charge in [0.25, 0.3) is 0 Å². The Bertz CT molecular complexity index is 837. The highest BCUT2D eigenvalue weighted by molar-refractivity contribution is 5.71. The van der Waals surface area contributed by atoms with Crippen molar-refractivity contribution < 1.29 is 14.6 Å². The molecule has 4 aliphatic rings. The van der Waals surface area contributed by atoms with Gasteiger partial charge in [-0.3, -0.25) is 0 Å². The highest BCUT2D eigenvalue weighted by Crippen LogP contribution is 2.42. The molecule has 0 amide bonds. The van der Waals surface area contributed by atoms with Crippen molar-refractivity contribution in [2.45, 2.75) is 18.4 Å². The number of benzene rings is 2. The minimum Gasteiger partial charge on any atom is -0.454 e. The molecule has 0 aliphatic carbocycles. The number of rotatable bonds is 3. The van der Waals surface area contributed by atoms with Gasteiger partial charge in [-0.2, -0.15) is 0 Å². The van der Waals surface area contributed by atoms with Crippen molar-refractivity contribution in [3.05, 3.63) is 59.2 Å². The Balaban J connectivity index is 1.34. The first-order chi connectivity index (χ1) is 12.7. The Kier molecular flexibility index (Phi) is 3.76. The summed E-state index contributed by atoms with van der Waals surface area (Å²) in [6.07, 6.45) is 6.35. The van der Waals surface area contributed by atoms with Gasteiger partial charge in [-0.15, -0.1) is 0 Å². The van der Waals surface area contributed by atoms with Crippen LogP contribution in [0.25, 0.3) is 12.2 Å². The van der Waals surface area contributed by atoms with Crippen LogP contribution in [0.2, 0.25) is 0 Å². The summed E-state index contributed by atoms with van der Waals surface area (Å²) in [7, 11) is 0. The molecule has 6 rings (SSSR count). The van der Waals surface area contributed by atoms with Gasteiger partial charge < -0.3 is 19.5 Å². The standard InChI is InChI=1S/C22H23NO3/c24-22(14-23-11-9-19(22)10-12-23)18-6-3-16(4-7-18)1-2-17-5-8-20-21(13-17)26-15-25-20/h1-8,13,19,24H,9-12,14-15H2/b2-1+. The van der Waals surface area contributed by atoms with E-state index in [4.69, 9.17) is 9.47 Å². The fraction of sp³-hybridized carbons (Fsp3) is 0.364. The van der Waals surface area contributed by atoms with E-state index in [-0.39, 0.29) is 0 Å². The minimum atomic E-state index is -0.684. The van der Waals surface area contributed by atoms with Crippen molar-refractivity contribution in [2.24, 2.45) is 5.92 Å². The lowest BCUT2D eigenvalue weighted by Gasteiger charge is -2.50. The number of piperidine rings is 3. The minimum absolute atomic E-state index is 0.297. The summed E-state index contributed by atoms with van der Waals surface area (Å²) in [5.41, 5.74) is 2.56. The molecule has 134 valence electrons. The van der Waals surface area contributed by atoms with Crippen LogP contribution in [-0.2, 0) is 5.60 Å². The van der Waals surface area contributed by atoms with Gasteiger partial charge in [-0.25, -0.2) is 0 Å². The van der Waals surface area contributed by atoms with E-state index in [0.29, 0.717) is 12.7 Å². The van der Waals surface area contributed by atoms with Gasteiger partial charge in [0.2, 0.25) is 6.79 Å². The Morgan fingerprint density at radius 3 is 2.35 bits per heavy atom. The fourth-order valence-corrected chi connectivity index (χ4v) is 4.46. The van der Waals surface area contributed by atoms with Gasteiger partial charge in [0.1, 0.15) is 5.60 Å². The molecule has 0 spiro atoms. The molecule has 2 aromatic carbocycles. The first-order valence-corrected chi connectivity index (χ1v) is 9.34. The van der Waals surface area contributed by atoms with Gasteiger partial charge in [0.05, 0.1) is 0 Å². The highest BCUT2D eigenvalue weighted by atomic mass is 16.7. The third kappa shape index (κ3) is 2.70. The maximum atomic E-state index is 11.2. The molecular formula is C22H23NO3. The second-order valence-electron chi connectivity index (χ2n) is 7.54. The average Bonchev–Trinajstić information content (AvgIpc) is 3.15. The summed E-state index contributed by atoms with van der Waals surface area (Å²) < 4.78 is 10.8. The summed E-state index contributed by atoms with van der Waals surface area (Å²) in [6, 6.07) is 14.3. The predicted octanol–water partition coefficient (Wildman–Crippen LogP) is 3.50. The van der Waals surface area contributed by atoms with Crippen LogP contribution in [0.1, 0.15) is 29.5 Å². The van der Waals surface area contributed by atoms with Crippen LogP contribution in [0, 0.1) is 5.92 Å². The van der Waals surface area contributed by atoms with Gasteiger partial charge in [-0.05, 0) is 60.7 Å².